The normalized spacial score (nSPS) is 18.2. The second-order valence-electron chi connectivity index (χ2n) is 7.90. The lowest BCUT2D eigenvalue weighted by atomic mass is 10.0. The molecule has 172 valence electrons. The molecular weight excluding hydrogens is 430 g/mol. The first-order valence-corrected chi connectivity index (χ1v) is 10.6. The van der Waals surface area contributed by atoms with Gasteiger partial charge in [0.1, 0.15) is 0 Å². The van der Waals surface area contributed by atoms with Crippen molar-refractivity contribution in [2.24, 2.45) is 5.10 Å². The van der Waals surface area contributed by atoms with Crippen LogP contribution in [-0.2, 0) is 6.54 Å². The number of nitrogens with one attached hydrogen (secondary N) is 1. The molecule has 1 fully saturated rings. The van der Waals surface area contributed by atoms with Gasteiger partial charge in [-0.1, -0.05) is 11.6 Å². The highest BCUT2D eigenvalue weighted by molar-refractivity contribution is 5.94. The van der Waals surface area contributed by atoms with Gasteiger partial charge >= 0.3 is 0 Å². The van der Waals surface area contributed by atoms with E-state index in [-0.39, 0.29) is 24.1 Å². The van der Waals surface area contributed by atoms with Gasteiger partial charge in [-0.15, -0.1) is 5.10 Å². The highest BCUT2D eigenvalue weighted by atomic mass is 16.7. The first-order chi connectivity index (χ1) is 16.1. The summed E-state index contributed by atoms with van der Waals surface area (Å²) in [4.78, 5) is 15.2. The van der Waals surface area contributed by atoms with Crippen molar-refractivity contribution in [1.82, 2.24) is 35.6 Å². The van der Waals surface area contributed by atoms with E-state index < -0.39 is 5.91 Å². The number of fused-ring (bicyclic) bond motifs is 1. The van der Waals surface area contributed by atoms with E-state index >= 15 is 0 Å². The highest BCUT2D eigenvalue weighted by Crippen LogP contribution is 2.32. The van der Waals surface area contributed by atoms with E-state index in [9.17, 15) is 4.79 Å². The fourth-order valence-corrected chi connectivity index (χ4v) is 3.92. The van der Waals surface area contributed by atoms with Crippen LogP contribution >= 0.6 is 0 Å². The zero-order valence-corrected chi connectivity index (χ0v) is 18.0. The number of hydrogen-bond acceptors (Lipinski definition) is 11. The molecule has 0 saturated carbocycles. The van der Waals surface area contributed by atoms with Gasteiger partial charge in [0.05, 0.1) is 11.9 Å². The zero-order valence-electron chi connectivity index (χ0n) is 18.0. The Bertz CT molecular complexity index is 1190. The average Bonchev–Trinajstić information content (AvgIpc) is 3.54. The fourth-order valence-electron chi connectivity index (χ4n) is 3.92. The summed E-state index contributed by atoms with van der Waals surface area (Å²) in [6, 6.07) is 5.72. The molecule has 0 spiro atoms. The Morgan fingerprint density at radius 3 is 3.00 bits per heavy atom. The monoisotopic (exact) mass is 453 g/mol. The summed E-state index contributed by atoms with van der Waals surface area (Å²) in [6.45, 7) is 3.69. The number of hydrogen-bond donors (Lipinski definition) is 2. The number of rotatable bonds is 6. The third kappa shape index (κ3) is 4.22. The lowest BCUT2D eigenvalue weighted by Gasteiger charge is -2.33. The number of carbonyl (C=O) groups excluding carboxylic acids is 1. The maximum atomic E-state index is 12.9. The van der Waals surface area contributed by atoms with Crippen molar-refractivity contribution in [3.63, 3.8) is 0 Å². The van der Waals surface area contributed by atoms with Gasteiger partial charge in [-0.2, -0.15) is 9.78 Å². The second kappa shape index (κ2) is 8.86. The zero-order chi connectivity index (χ0) is 22.8. The number of nitrogens with two attached hydrogens (primary N) is 1. The van der Waals surface area contributed by atoms with Crippen molar-refractivity contribution in [2.75, 3.05) is 19.1 Å². The van der Waals surface area contributed by atoms with E-state index in [1.807, 2.05) is 6.07 Å². The maximum Gasteiger partial charge on any atom is 0.293 e. The number of nitrogens with zero attached hydrogens (tertiary/aromatic N) is 7. The molecule has 33 heavy (non-hydrogen) atoms. The second-order valence-corrected chi connectivity index (χ2v) is 7.90. The van der Waals surface area contributed by atoms with E-state index in [2.05, 4.69) is 43.0 Å². The molecule has 1 aromatic carbocycles. The summed E-state index contributed by atoms with van der Waals surface area (Å²) >= 11 is 0. The summed E-state index contributed by atoms with van der Waals surface area (Å²) in [5.41, 5.74) is 9.76. The van der Waals surface area contributed by atoms with Gasteiger partial charge in [-0.3, -0.25) is 9.69 Å². The van der Waals surface area contributed by atoms with Crippen molar-refractivity contribution < 1.29 is 18.9 Å². The number of benzene rings is 1. The van der Waals surface area contributed by atoms with Crippen molar-refractivity contribution in [3.05, 3.63) is 35.2 Å². The van der Waals surface area contributed by atoms with E-state index in [0.717, 1.165) is 24.9 Å². The topological polar surface area (TPSA) is 159 Å². The summed E-state index contributed by atoms with van der Waals surface area (Å²) in [5, 5.41) is 19.6. The van der Waals surface area contributed by atoms with E-state index in [0.29, 0.717) is 29.8 Å². The third-order valence-electron chi connectivity index (χ3n) is 5.74. The molecule has 13 heteroatoms. The summed E-state index contributed by atoms with van der Waals surface area (Å²) in [5.74, 6) is 1.04. The maximum absolute atomic E-state index is 12.9. The number of likely N-dealkylation sites (tertiary alicyclic amines) is 1. The molecule has 1 saturated heterocycles. The van der Waals surface area contributed by atoms with Crippen LogP contribution in [0, 0.1) is 0 Å². The Morgan fingerprint density at radius 2 is 2.18 bits per heavy atom. The van der Waals surface area contributed by atoms with Crippen molar-refractivity contribution in [1.29, 1.82) is 0 Å². The summed E-state index contributed by atoms with van der Waals surface area (Å²) in [7, 11) is 0. The Balaban J connectivity index is 1.37. The molecule has 1 unspecified atom stereocenters. The van der Waals surface area contributed by atoms with Crippen LogP contribution in [0.3, 0.4) is 0 Å². The molecule has 0 aliphatic carbocycles. The number of carbonyl (C=O) groups is 1. The smallest absolute Gasteiger partial charge is 0.293 e. The Morgan fingerprint density at radius 1 is 1.30 bits per heavy atom. The lowest BCUT2D eigenvalue weighted by Crippen LogP contribution is -2.38. The Labute approximate surface area is 188 Å². The quantitative estimate of drug-likeness (QED) is 0.409. The molecule has 4 heterocycles. The molecule has 2 aliphatic rings. The molecule has 2 aliphatic heterocycles. The number of anilines is 1. The molecule has 13 nitrogen and oxygen atoms in total. The predicted molar refractivity (Wildman–Crippen MR) is 115 cm³/mol. The molecule has 3 N–H and O–H groups in total. The van der Waals surface area contributed by atoms with Gasteiger partial charge < -0.3 is 15.2 Å². The predicted octanol–water partition coefficient (Wildman–Crippen LogP) is 1.10. The van der Waals surface area contributed by atoms with Crippen LogP contribution in [0.25, 0.3) is 5.82 Å². The minimum absolute atomic E-state index is 0.0561. The SMILES string of the molecule is CC1CCCCN1Cc1c(C(=O)N/N=C\c2ccc3c(c2)OCO3)nnn1-c1nonc1N. The lowest BCUT2D eigenvalue weighted by molar-refractivity contribution is 0.0945. The first-order valence-electron chi connectivity index (χ1n) is 10.6. The number of ether oxygens (including phenoxy) is 2. The van der Waals surface area contributed by atoms with E-state index in [1.165, 1.54) is 17.3 Å². The van der Waals surface area contributed by atoms with Gasteiger partial charge in [0, 0.05) is 12.6 Å². The number of aromatic nitrogens is 5. The standard InChI is InChI=1S/C20H23N9O4/c1-12-4-2-3-7-28(12)10-14-17(23-27-29(14)19-18(21)25-33-26-19)20(30)24-22-9-13-5-6-15-16(8-13)32-11-31-15/h5-6,8-9,12H,2-4,7,10-11H2,1H3,(H2,21,25)(H,24,30)/b22-9-. The Hall–Kier alpha value is -4.00. The van der Waals surface area contributed by atoms with Crippen molar-refractivity contribution >= 4 is 17.9 Å². The number of amides is 1. The van der Waals surface area contributed by atoms with Crippen LogP contribution in [0.2, 0.25) is 0 Å². The van der Waals surface area contributed by atoms with E-state index in [1.54, 1.807) is 12.1 Å². The molecule has 2 aromatic heterocycles. The molecule has 3 aromatic rings. The van der Waals surface area contributed by atoms with Gasteiger partial charge in [0.25, 0.3) is 5.91 Å². The molecule has 1 atom stereocenters. The van der Waals surface area contributed by atoms with Gasteiger partial charge in [-0.05, 0) is 60.4 Å². The number of hydrazone groups is 1. The molecule has 5 rings (SSSR count). The van der Waals surface area contributed by atoms with Crippen LogP contribution in [0.4, 0.5) is 5.82 Å². The van der Waals surface area contributed by atoms with Crippen LogP contribution in [-0.4, -0.2) is 61.7 Å². The van der Waals surface area contributed by atoms with Gasteiger partial charge in [0.15, 0.2) is 17.2 Å². The first kappa shape index (κ1) is 20.9. The third-order valence-corrected chi connectivity index (χ3v) is 5.74. The number of piperidine rings is 1. The van der Waals surface area contributed by atoms with Crippen molar-refractivity contribution in [2.45, 2.75) is 38.8 Å². The van der Waals surface area contributed by atoms with E-state index in [4.69, 9.17) is 19.8 Å². The van der Waals surface area contributed by atoms with Crippen LogP contribution in [0.1, 0.15) is 47.9 Å². The fraction of sp³-hybridized carbons (Fsp3) is 0.400. The van der Waals surface area contributed by atoms with Gasteiger partial charge in [0.2, 0.25) is 18.4 Å². The molecule has 0 radical (unpaired) electrons. The average molecular weight is 453 g/mol. The van der Waals surface area contributed by atoms with Gasteiger partial charge in [-0.25, -0.2) is 10.1 Å². The van der Waals surface area contributed by atoms with Crippen molar-refractivity contribution in [3.8, 4) is 17.3 Å². The van der Waals surface area contributed by atoms with Crippen LogP contribution in [0.5, 0.6) is 11.5 Å². The summed E-state index contributed by atoms with van der Waals surface area (Å²) in [6.07, 6.45) is 4.85. The number of nitrogen functional groups attached to an aromatic ring is 1. The summed E-state index contributed by atoms with van der Waals surface area (Å²) < 4.78 is 16.8. The largest absolute Gasteiger partial charge is 0.454 e. The molecular formula is C20H23N9O4. The highest BCUT2D eigenvalue weighted by Gasteiger charge is 2.28. The van der Waals surface area contributed by atoms with Crippen LogP contribution < -0.4 is 20.6 Å². The molecule has 1 amide bonds. The minimum atomic E-state index is -0.507. The molecule has 0 bridgehead atoms. The minimum Gasteiger partial charge on any atom is -0.454 e. The Kier molecular flexibility index (Phi) is 5.60. The van der Waals surface area contributed by atoms with Crippen LogP contribution in [0.15, 0.2) is 27.9 Å².